The first kappa shape index (κ1) is 23.9. The Kier molecular flexibility index (Phi) is 7.35. The number of carboxylic acids is 1. The first-order valence-corrected chi connectivity index (χ1v) is 11.4. The van der Waals surface area contributed by atoms with Crippen LogP contribution in [0.4, 0.5) is 0 Å². The maximum Gasteiger partial charge on any atom is 0.341 e. The van der Waals surface area contributed by atoms with Crippen LogP contribution >= 0.6 is 0 Å². The number of aromatic nitrogens is 2. The van der Waals surface area contributed by atoms with Gasteiger partial charge in [0, 0.05) is 16.7 Å². The molecule has 0 bridgehead atoms. The summed E-state index contributed by atoms with van der Waals surface area (Å²) in [4.78, 5) is 11.1. The molecule has 4 rings (SSSR count). The second kappa shape index (κ2) is 10.8. The van der Waals surface area contributed by atoms with Crippen molar-refractivity contribution >= 4 is 5.97 Å². The number of para-hydroxylation sites is 2. The van der Waals surface area contributed by atoms with Crippen LogP contribution in [0.15, 0.2) is 72.8 Å². The van der Waals surface area contributed by atoms with Crippen LogP contribution in [0.1, 0.15) is 18.1 Å². The molecule has 0 amide bonds. The van der Waals surface area contributed by atoms with Gasteiger partial charge < -0.3 is 19.3 Å². The number of methoxy groups -OCH3 is 1. The van der Waals surface area contributed by atoms with Gasteiger partial charge in [-0.05, 0) is 55.8 Å². The van der Waals surface area contributed by atoms with Crippen LogP contribution in [0, 0.1) is 6.92 Å². The van der Waals surface area contributed by atoms with E-state index in [2.05, 4.69) is 0 Å². The van der Waals surface area contributed by atoms with Crippen molar-refractivity contribution in [1.29, 1.82) is 0 Å². The standard InChI is InChI=1S/C28H28N2O5/c1-4-34-26-12-8-6-10-22(26)24-16-23(21-14-13-19(2)15-27(21)35-18-28(31)32)29-30(24)17-20-9-5-7-11-25(20)33-3/h5-16H,4,17-18H2,1-3H3,(H,31,32). The van der Waals surface area contributed by atoms with Gasteiger partial charge in [-0.25, -0.2) is 4.79 Å². The molecule has 180 valence electrons. The summed E-state index contributed by atoms with van der Waals surface area (Å²) in [5.74, 6) is 0.966. The highest BCUT2D eigenvalue weighted by Gasteiger charge is 2.19. The lowest BCUT2D eigenvalue weighted by molar-refractivity contribution is -0.139. The highest BCUT2D eigenvalue weighted by Crippen LogP contribution is 2.37. The van der Waals surface area contributed by atoms with Gasteiger partial charge in [0.15, 0.2) is 6.61 Å². The number of benzene rings is 3. The number of carbonyl (C=O) groups is 1. The summed E-state index contributed by atoms with van der Waals surface area (Å²) in [5, 5.41) is 14.1. The molecule has 35 heavy (non-hydrogen) atoms. The van der Waals surface area contributed by atoms with Crippen LogP contribution in [0.5, 0.6) is 17.2 Å². The molecule has 0 fully saturated rings. The van der Waals surface area contributed by atoms with Crippen LogP contribution in [-0.4, -0.2) is 41.2 Å². The van der Waals surface area contributed by atoms with E-state index in [0.717, 1.165) is 33.9 Å². The summed E-state index contributed by atoms with van der Waals surface area (Å²) in [6.45, 7) is 4.46. The molecule has 3 aromatic carbocycles. The second-order valence-electron chi connectivity index (χ2n) is 8.00. The molecule has 0 saturated carbocycles. The van der Waals surface area contributed by atoms with E-state index < -0.39 is 12.6 Å². The number of hydrogen-bond donors (Lipinski definition) is 1. The predicted octanol–water partition coefficient (Wildman–Crippen LogP) is 5.44. The van der Waals surface area contributed by atoms with E-state index in [-0.39, 0.29) is 0 Å². The summed E-state index contributed by atoms with van der Waals surface area (Å²) in [6, 6.07) is 23.3. The predicted molar refractivity (Wildman–Crippen MR) is 134 cm³/mol. The summed E-state index contributed by atoms with van der Waals surface area (Å²) < 4.78 is 19.0. The second-order valence-corrected chi connectivity index (χ2v) is 8.00. The number of aryl methyl sites for hydroxylation is 1. The normalized spacial score (nSPS) is 10.7. The van der Waals surface area contributed by atoms with Crippen molar-refractivity contribution in [2.24, 2.45) is 0 Å². The van der Waals surface area contributed by atoms with Crippen LogP contribution in [0.25, 0.3) is 22.5 Å². The Morgan fingerprint density at radius 3 is 2.40 bits per heavy atom. The number of carboxylic acid groups (broad SMARTS) is 1. The lowest BCUT2D eigenvalue weighted by atomic mass is 10.1. The largest absolute Gasteiger partial charge is 0.496 e. The van der Waals surface area contributed by atoms with E-state index >= 15 is 0 Å². The molecule has 0 unspecified atom stereocenters. The van der Waals surface area contributed by atoms with Gasteiger partial charge in [-0.1, -0.05) is 36.4 Å². The lowest BCUT2D eigenvalue weighted by Crippen LogP contribution is -2.10. The molecular weight excluding hydrogens is 444 g/mol. The Balaban J connectivity index is 1.86. The van der Waals surface area contributed by atoms with Crippen molar-refractivity contribution in [3.8, 4) is 39.8 Å². The Bertz CT molecular complexity index is 1330. The Morgan fingerprint density at radius 2 is 1.66 bits per heavy atom. The summed E-state index contributed by atoms with van der Waals surface area (Å²) >= 11 is 0. The smallest absolute Gasteiger partial charge is 0.341 e. The van der Waals surface area contributed by atoms with Crippen molar-refractivity contribution in [3.05, 3.63) is 83.9 Å². The minimum Gasteiger partial charge on any atom is -0.496 e. The molecule has 0 aliphatic heterocycles. The van der Waals surface area contributed by atoms with Gasteiger partial charge in [0.25, 0.3) is 0 Å². The van der Waals surface area contributed by atoms with Crippen LogP contribution in [0.3, 0.4) is 0 Å². The fourth-order valence-corrected chi connectivity index (χ4v) is 3.94. The quantitative estimate of drug-likeness (QED) is 0.331. The molecule has 0 saturated heterocycles. The highest BCUT2D eigenvalue weighted by molar-refractivity contribution is 5.76. The topological polar surface area (TPSA) is 82.8 Å². The van der Waals surface area contributed by atoms with Crippen molar-refractivity contribution in [1.82, 2.24) is 9.78 Å². The molecule has 7 heteroatoms. The summed E-state index contributed by atoms with van der Waals surface area (Å²) in [6.07, 6.45) is 0. The van der Waals surface area contributed by atoms with Gasteiger partial charge in [-0.2, -0.15) is 5.10 Å². The van der Waals surface area contributed by atoms with Crippen LogP contribution in [-0.2, 0) is 11.3 Å². The van der Waals surface area contributed by atoms with E-state index in [4.69, 9.17) is 24.4 Å². The Labute approximate surface area is 204 Å². The van der Waals surface area contributed by atoms with Gasteiger partial charge in [-0.3, -0.25) is 4.68 Å². The zero-order valence-electron chi connectivity index (χ0n) is 20.0. The first-order chi connectivity index (χ1) is 17.0. The molecule has 1 N–H and O–H groups in total. The van der Waals surface area contributed by atoms with Gasteiger partial charge in [0.05, 0.1) is 31.6 Å². The fourth-order valence-electron chi connectivity index (χ4n) is 3.94. The average Bonchev–Trinajstić information content (AvgIpc) is 3.27. The zero-order chi connectivity index (χ0) is 24.8. The summed E-state index contributed by atoms with van der Waals surface area (Å²) in [7, 11) is 1.65. The van der Waals surface area contributed by atoms with E-state index in [1.165, 1.54) is 0 Å². The molecule has 0 aliphatic rings. The minimum atomic E-state index is -1.04. The molecule has 4 aromatic rings. The molecule has 0 aliphatic carbocycles. The van der Waals surface area contributed by atoms with E-state index in [0.29, 0.717) is 30.2 Å². The third-order valence-corrected chi connectivity index (χ3v) is 5.52. The first-order valence-electron chi connectivity index (χ1n) is 11.4. The minimum absolute atomic E-state index is 0.432. The van der Waals surface area contributed by atoms with Crippen LogP contribution in [0.2, 0.25) is 0 Å². The maximum atomic E-state index is 11.1. The highest BCUT2D eigenvalue weighted by atomic mass is 16.5. The van der Waals surface area contributed by atoms with Crippen molar-refractivity contribution in [3.63, 3.8) is 0 Å². The fraction of sp³-hybridized carbons (Fsp3) is 0.214. The lowest BCUT2D eigenvalue weighted by Gasteiger charge is -2.13. The van der Waals surface area contributed by atoms with Crippen molar-refractivity contribution < 1.29 is 24.1 Å². The number of hydrogen-bond acceptors (Lipinski definition) is 5. The molecule has 0 radical (unpaired) electrons. The van der Waals surface area contributed by atoms with Gasteiger partial charge >= 0.3 is 5.97 Å². The zero-order valence-corrected chi connectivity index (χ0v) is 20.0. The maximum absolute atomic E-state index is 11.1. The van der Waals surface area contributed by atoms with Crippen LogP contribution < -0.4 is 14.2 Å². The number of aliphatic carboxylic acids is 1. The van der Waals surface area contributed by atoms with Gasteiger partial charge in [0.1, 0.15) is 17.2 Å². The summed E-state index contributed by atoms with van der Waals surface area (Å²) in [5.41, 5.74) is 5.09. The van der Waals surface area contributed by atoms with Crippen molar-refractivity contribution in [2.45, 2.75) is 20.4 Å². The third kappa shape index (κ3) is 5.46. The molecule has 1 heterocycles. The SMILES string of the molecule is CCOc1ccccc1-c1cc(-c2ccc(C)cc2OCC(=O)O)nn1Cc1ccccc1OC. The van der Waals surface area contributed by atoms with Gasteiger partial charge in [0.2, 0.25) is 0 Å². The molecule has 1 aromatic heterocycles. The molecular formula is C28H28N2O5. The van der Waals surface area contributed by atoms with E-state index in [9.17, 15) is 4.79 Å². The average molecular weight is 473 g/mol. The monoisotopic (exact) mass is 472 g/mol. The van der Waals surface area contributed by atoms with E-state index in [1.54, 1.807) is 7.11 Å². The Hall–Kier alpha value is -4.26. The van der Waals surface area contributed by atoms with Gasteiger partial charge in [-0.15, -0.1) is 0 Å². The molecule has 0 spiro atoms. The molecule has 0 atom stereocenters. The Morgan fingerprint density at radius 1 is 0.914 bits per heavy atom. The number of rotatable bonds is 10. The number of ether oxygens (including phenoxy) is 3. The number of nitrogens with zero attached hydrogens (tertiary/aromatic N) is 2. The van der Waals surface area contributed by atoms with Crippen molar-refractivity contribution in [2.75, 3.05) is 20.3 Å². The third-order valence-electron chi connectivity index (χ3n) is 5.52. The van der Waals surface area contributed by atoms with E-state index in [1.807, 2.05) is 91.3 Å². The molecule has 7 nitrogen and oxygen atoms in total.